The van der Waals surface area contributed by atoms with E-state index in [0.29, 0.717) is 11.2 Å². The molecule has 4 aliphatic rings. The Kier molecular flexibility index (Phi) is 6.91. The van der Waals surface area contributed by atoms with Crippen LogP contribution >= 0.6 is 14.5 Å². The number of H-pyrrole nitrogens is 1. The first-order chi connectivity index (χ1) is 21.8. The summed E-state index contributed by atoms with van der Waals surface area (Å²) in [5.74, 6) is -0.121. The second kappa shape index (κ2) is 10.5. The van der Waals surface area contributed by atoms with Gasteiger partial charge < -0.3 is 45.1 Å². The number of phosphoric acid groups is 1. The van der Waals surface area contributed by atoms with Crippen LogP contribution in [-0.2, 0) is 48.7 Å². The van der Waals surface area contributed by atoms with Gasteiger partial charge in [-0.2, -0.15) is 4.98 Å². The lowest BCUT2D eigenvalue weighted by molar-refractivity contribution is -0.184. The van der Waals surface area contributed by atoms with Gasteiger partial charge in [-0.15, -0.1) is 0 Å². The first-order valence-corrected chi connectivity index (χ1v) is 17.5. The number of hydrogen-bond donors (Lipinski definition) is 6. The van der Waals surface area contributed by atoms with Crippen molar-refractivity contribution in [3.05, 3.63) is 29.3 Å². The minimum Gasteiger partial charge on any atom is -0.387 e. The predicted octanol–water partition coefficient (Wildman–Crippen LogP) is -1.82. The number of nitrogen functional groups attached to an aromatic ring is 2. The molecule has 0 amide bonds. The Labute approximate surface area is 260 Å². The van der Waals surface area contributed by atoms with Gasteiger partial charge in [-0.3, -0.25) is 32.5 Å². The number of phosphoric ester groups is 1. The fourth-order valence-electron chi connectivity index (χ4n) is 5.97. The van der Waals surface area contributed by atoms with Gasteiger partial charge in [0.25, 0.3) is 5.56 Å². The number of fused-ring (bicyclic) bond motifs is 4. The van der Waals surface area contributed by atoms with Crippen LogP contribution < -0.4 is 17.0 Å². The molecule has 4 saturated heterocycles. The van der Waals surface area contributed by atoms with E-state index in [-0.39, 0.29) is 29.5 Å². The summed E-state index contributed by atoms with van der Waals surface area (Å²) in [6, 6.07) is 0. The molecule has 0 spiro atoms. The molecule has 8 rings (SSSR count). The monoisotopic (exact) mass is 702 g/mol. The van der Waals surface area contributed by atoms with Crippen molar-refractivity contribution in [1.29, 1.82) is 0 Å². The lowest BCUT2D eigenvalue weighted by Gasteiger charge is -2.32. The molecule has 8 heterocycles. The molecule has 0 radical (unpaired) electrons. The van der Waals surface area contributed by atoms with E-state index in [4.69, 9.17) is 55.6 Å². The first kappa shape index (κ1) is 30.3. The Morgan fingerprint density at radius 2 is 1.76 bits per heavy atom. The Hall–Kier alpha value is -3.02. The number of imidazole rings is 2. The third-order valence-electron chi connectivity index (χ3n) is 8.05. The fourth-order valence-corrected chi connectivity index (χ4v) is 8.41. The van der Waals surface area contributed by atoms with E-state index < -0.39 is 81.9 Å². The number of nitrogens with two attached hydrogens (primary N) is 2. The Balaban J connectivity index is 1.14. The minimum atomic E-state index is -5.05. The van der Waals surface area contributed by atoms with Crippen LogP contribution in [0.2, 0.25) is 0 Å². The third kappa shape index (κ3) is 4.79. The van der Waals surface area contributed by atoms with Gasteiger partial charge in [0.2, 0.25) is 5.95 Å². The van der Waals surface area contributed by atoms with Crippen molar-refractivity contribution in [2.45, 2.75) is 48.6 Å². The summed E-state index contributed by atoms with van der Waals surface area (Å²) < 4.78 is 56.7. The maximum absolute atomic E-state index is 13.4. The van der Waals surface area contributed by atoms with Gasteiger partial charge in [-0.1, -0.05) is 0 Å². The Morgan fingerprint density at radius 1 is 1.00 bits per heavy atom. The summed E-state index contributed by atoms with van der Waals surface area (Å²) in [5.41, 5.74) is 9.75. The number of nitrogens with one attached hydrogen (secondary N) is 1. The van der Waals surface area contributed by atoms with Crippen molar-refractivity contribution in [2.75, 3.05) is 31.3 Å². The summed E-state index contributed by atoms with van der Waals surface area (Å²) >= 11 is 5.31. The number of ether oxygens (including phenoxy) is 3. The average Bonchev–Trinajstić information content (AvgIpc) is 3.80. The van der Waals surface area contributed by atoms with Gasteiger partial charge in [-0.05, 0) is 11.8 Å². The third-order valence-corrected chi connectivity index (χ3v) is 10.6. The first-order valence-electron chi connectivity index (χ1n) is 13.4. The van der Waals surface area contributed by atoms with E-state index in [9.17, 15) is 24.3 Å². The van der Waals surface area contributed by atoms with Crippen LogP contribution in [0.5, 0.6) is 0 Å². The van der Waals surface area contributed by atoms with Gasteiger partial charge >= 0.3 is 14.5 Å². The standard InChI is InChI=1S/C21H24N10O12P2S/c22-14-8-15(25-4-24-14)30(5-26-8)19-12-13-21(41-19,2-37-12)3-39-44(34,35)42-11-10(32)7(1-38-45(36,46)43-13)40-18(11)31-6-27-9-16(31)28-20(23)29-17(9)33/h4-7,10-13,18-19,32H,1-3H2,(H,34,35)(H,36,46)(H2,22,24,25)(H3,23,28,29,33)/t7-,10-,11-,12-,13+,18-,19-,21-,45?/m1/s1. The largest absolute Gasteiger partial charge is 0.472 e. The summed E-state index contributed by atoms with van der Waals surface area (Å²) in [5, 5.41) is 11.1. The summed E-state index contributed by atoms with van der Waals surface area (Å²) in [6.45, 7) is -5.58. The van der Waals surface area contributed by atoms with Crippen molar-refractivity contribution >= 4 is 60.4 Å². The Morgan fingerprint density at radius 3 is 2.57 bits per heavy atom. The van der Waals surface area contributed by atoms with Crippen molar-refractivity contribution < 1.29 is 51.8 Å². The molecule has 8 N–H and O–H groups in total. The van der Waals surface area contributed by atoms with E-state index in [1.165, 1.54) is 21.8 Å². The second-order valence-corrected chi connectivity index (χ2v) is 15.1. The van der Waals surface area contributed by atoms with Crippen LogP contribution in [0.15, 0.2) is 23.8 Å². The highest BCUT2D eigenvalue weighted by molar-refractivity contribution is 8.07. The highest BCUT2D eigenvalue weighted by atomic mass is 32.5. The molecule has 4 aliphatic heterocycles. The molecule has 4 aromatic rings. The zero-order valence-corrected chi connectivity index (χ0v) is 25.6. The molecule has 0 saturated carbocycles. The summed E-state index contributed by atoms with van der Waals surface area (Å²) in [7, 11) is -5.05. The van der Waals surface area contributed by atoms with Crippen LogP contribution in [0, 0.1) is 0 Å². The number of nitrogens with zero attached hydrogens (tertiary/aromatic N) is 7. The van der Waals surface area contributed by atoms with E-state index in [2.05, 4.69) is 29.9 Å². The van der Waals surface area contributed by atoms with Gasteiger partial charge in [0.15, 0.2) is 35.1 Å². The molecule has 246 valence electrons. The molecule has 4 fully saturated rings. The zero-order chi connectivity index (χ0) is 32.2. The number of anilines is 2. The molecule has 0 aliphatic carbocycles. The number of aromatic nitrogens is 8. The molecular formula is C21H24N10O12P2S. The fraction of sp³-hybridized carbons (Fsp3) is 0.524. The molecule has 4 bridgehead atoms. The molecule has 2 unspecified atom stereocenters. The van der Waals surface area contributed by atoms with E-state index >= 15 is 0 Å². The molecule has 0 aromatic carbocycles. The smallest absolute Gasteiger partial charge is 0.387 e. The lowest BCUT2D eigenvalue weighted by atomic mass is 10.0. The van der Waals surface area contributed by atoms with Crippen molar-refractivity contribution in [1.82, 2.24) is 39.0 Å². The highest BCUT2D eigenvalue weighted by Gasteiger charge is 2.65. The topological polar surface area (TPSA) is 302 Å². The molecule has 22 nitrogen and oxygen atoms in total. The average molecular weight is 702 g/mol. The Bertz CT molecular complexity index is 2030. The van der Waals surface area contributed by atoms with Gasteiger partial charge in [0, 0.05) is 0 Å². The quantitative estimate of drug-likeness (QED) is 0.125. The molecule has 10 atom stereocenters. The number of aliphatic hydroxyl groups excluding tert-OH is 1. The highest BCUT2D eigenvalue weighted by Crippen LogP contribution is 2.58. The van der Waals surface area contributed by atoms with E-state index in [0.717, 1.165) is 6.33 Å². The van der Waals surface area contributed by atoms with Crippen molar-refractivity contribution in [2.24, 2.45) is 0 Å². The van der Waals surface area contributed by atoms with Crippen LogP contribution in [0.25, 0.3) is 22.3 Å². The number of aliphatic hydroxyl groups is 1. The van der Waals surface area contributed by atoms with Crippen molar-refractivity contribution in [3.8, 4) is 0 Å². The van der Waals surface area contributed by atoms with E-state index in [1.807, 2.05) is 0 Å². The second-order valence-electron chi connectivity index (χ2n) is 10.9. The molecular weight excluding hydrogens is 678 g/mol. The minimum absolute atomic E-state index is 0.0700. The SMILES string of the molecule is Nc1nc2c(ncn2[C@@H]2O[C@@H]3COP(O)(=S)O[C@H]4[C@H]5OC[C@]4(COP(=O)(O)O[C@@H]2[C@@H]3O)O[C@H]5n2cnc3c(N)ncnc32)c(=O)[nH]1. The van der Waals surface area contributed by atoms with E-state index in [1.54, 1.807) is 0 Å². The lowest BCUT2D eigenvalue weighted by Crippen LogP contribution is -2.45. The normalized spacial score (nSPS) is 39.7. The predicted molar refractivity (Wildman–Crippen MR) is 153 cm³/mol. The number of hydrogen-bond acceptors (Lipinski definition) is 18. The van der Waals surface area contributed by atoms with Gasteiger partial charge in [0.05, 0.1) is 32.5 Å². The molecule has 25 heteroatoms. The van der Waals surface area contributed by atoms with Crippen LogP contribution in [0.3, 0.4) is 0 Å². The summed E-state index contributed by atoms with van der Waals surface area (Å²) in [6.07, 6.45) is -5.34. The number of aromatic amines is 1. The molecule has 4 aromatic heterocycles. The zero-order valence-electron chi connectivity index (χ0n) is 23.0. The van der Waals surface area contributed by atoms with Gasteiger partial charge in [-0.25, -0.2) is 24.5 Å². The van der Waals surface area contributed by atoms with Crippen LogP contribution in [-0.4, -0.2) is 110 Å². The van der Waals surface area contributed by atoms with Gasteiger partial charge in [0.1, 0.15) is 48.0 Å². The van der Waals surface area contributed by atoms with Crippen molar-refractivity contribution in [3.63, 3.8) is 0 Å². The van der Waals surface area contributed by atoms with Crippen LogP contribution in [0.4, 0.5) is 11.8 Å². The number of rotatable bonds is 2. The summed E-state index contributed by atoms with van der Waals surface area (Å²) in [4.78, 5) is 57.2. The van der Waals surface area contributed by atoms with Crippen LogP contribution in [0.1, 0.15) is 12.5 Å². The maximum Gasteiger partial charge on any atom is 0.472 e. The molecule has 46 heavy (non-hydrogen) atoms. The maximum atomic E-state index is 13.4.